The Kier molecular flexibility index (Phi) is 2.81. The molecule has 0 bridgehead atoms. The van der Waals surface area contributed by atoms with E-state index < -0.39 is 11.6 Å². The van der Waals surface area contributed by atoms with E-state index >= 15 is 0 Å². The van der Waals surface area contributed by atoms with E-state index in [2.05, 4.69) is 4.99 Å². The lowest BCUT2D eigenvalue weighted by Crippen LogP contribution is -2.53. The van der Waals surface area contributed by atoms with E-state index in [9.17, 15) is 14.7 Å². The fourth-order valence-electron chi connectivity index (χ4n) is 3.55. The summed E-state index contributed by atoms with van der Waals surface area (Å²) in [5.74, 6) is -1.41. The molecule has 2 aromatic carbocycles. The van der Waals surface area contributed by atoms with Crippen molar-refractivity contribution in [2.45, 2.75) is 5.66 Å². The molecule has 1 spiro atoms. The molecule has 24 heavy (non-hydrogen) atoms. The molecule has 1 amide bonds. The molecule has 6 heteroatoms. The number of likely N-dealkylation sites (N-methyl/N-ethyl adjacent to an activating group) is 2. The summed E-state index contributed by atoms with van der Waals surface area (Å²) >= 11 is 0. The predicted octanol–water partition coefficient (Wildman–Crippen LogP) is 1.84. The predicted molar refractivity (Wildman–Crippen MR) is 90.5 cm³/mol. The fraction of sp³-hybridized carbons (Fsp3) is 0.167. The second kappa shape index (κ2) is 4.67. The Morgan fingerprint density at radius 2 is 1.67 bits per heavy atom. The van der Waals surface area contributed by atoms with E-state index in [-0.39, 0.29) is 11.6 Å². The minimum Gasteiger partial charge on any atom is -0.477 e. The Balaban J connectivity index is 2.08. The molecule has 0 aromatic heterocycles. The number of carbonyl (C=O) groups is 2. The number of hydrogen-bond donors (Lipinski definition) is 1. The van der Waals surface area contributed by atoms with Crippen LogP contribution in [0.2, 0.25) is 0 Å². The normalized spacial score (nSPS) is 21.6. The van der Waals surface area contributed by atoms with Crippen LogP contribution in [0.5, 0.6) is 0 Å². The third kappa shape index (κ3) is 1.57. The summed E-state index contributed by atoms with van der Waals surface area (Å²) in [5, 5.41) is 9.64. The second-order valence-electron chi connectivity index (χ2n) is 5.90. The highest BCUT2D eigenvalue weighted by molar-refractivity contribution is 6.45. The van der Waals surface area contributed by atoms with Crippen LogP contribution in [0.3, 0.4) is 0 Å². The molecule has 1 unspecified atom stereocenters. The average molecular weight is 321 g/mol. The first-order valence-electron chi connectivity index (χ1n) is 7.52. The highest BCUT2D eigenvalue weighted by Crippen LogP contribution is 2.48. The van der Waals surface area contributed by atoms with E-state index in [1.807, 2.05) is 36.4 Å². The number of amides is 1. The van der Waals surface area contributed by atoms with Crippen LogP contribution >= 0.6 is 0 Å². The number of anilines is 2. The fourth-order valence-corrected chi connectivity index (χ4v) is 3.55. The van der Waals surface area contributed by atoms with E-state index in [1.165, 1.54) is 4.90 Å². The molecule has 1 N–H and O–H groups in total. The Labute approximate surface area is 138 Å². The summed E-state index contributed by atoms with van der Waals surface area (Å²) in [6.45, 7) is 0. The van der Waals surface area contributed by atoms with Crippen molar-refractivity contribution in [2.75, 3.05) is 23.9 Å². The van der Waals surface area contributed by atoms with Crippen molar-refractivity contribution in [3.05, 3.63) is 59.7 Å². The lowest BCUT2D eigenvalue weighted by Gasteiger charge is -2.40. The number of nitrogens with zero attached hydrogens (tertiary/aromatic N) is 3. The van der Waals surface area contributed by atoms with Gasteiger partial charge in [-0.3, -0.25) is 4.79 Å². The summed E-state index contributed by atoms with van der Waals surface area (Å²) in [6, 6.07) is 14.4. The summed E-state index contributed by atoms with van der Waals surface area (Å²) < 4.78 is 0. The van der Waals surface area contributed by atoms with Crippen LogP contribution in [0.25, 0.3) is 0 Å². The Morgan fingerprint density at radius 3 is 2.38 bits per heavy atom. The van der Waals surface area contributed by atoms with E-state index in [1.54, 1.807) is 31.1 Å². The molecule has 0 saturated heterocycles. The average Bonchev–Trinajstić information content (AvgIpc) is 2.81. The number of benzene rings is 2. The third-order valence-electron chi connectivity index (χ3n) is 4.73. The van der Waals surface area contributed by atoms with Gasteiger partial charge in [-0.15, -0.1) is 0 Å². The number of para-hydroxylation sites is 2. The molecule has 2 heterocycles. The van der Waals surface area contributed by atoms with Crippen LogP contribution in [-0.2, 0) is 15.3 Å². The molecular weight excluding hydrogens is 306 g/mol. The number of fused-ring (bicyclic) bond motifs is 3. The van der Waals surface area contributed by atoms with Crippen LogP contribution in [-0.4, -0.2) is 36.8 Å². The van der Waals surface area contributed by atoms with Crippen LogP contribution in [0.4, 0.5) is 11.4 Å². The maximum absolute atomic E-state index is 13.1. The van der Waals surface area contributed by atoms with Gasteiger partial charge < -0.3 is 14.9 Å². The number of hydrogen-bond acceptors (Lipinski definition) is 4. The molecule has 0 fully saturated rings. The summed E-state index contributed by atoms with van der Waals surface area (Å²) in [4.78, 5) is 32.7. The quantitative estimate of drug-likeness (QED) is 0.870. The Bertz CT molecular complexity index is 921. The highest BCUT2D eigenvalue weighted by atomic mass is 16.4. The van der Waals surface area contributed by atoms with Crippen molar-refractivity contribution in [2.24, 2.45) is 4.99 Å². The minimum absolute atomic E-state index is 0.0952. The standard InChI is InChI=1S/C18H15N3O3/c1-20-14-10-6-4-8-12(14)18(17(20)24)19-15(16(22)23)11-7-3-5-9-13(11)21(18)2/h3-10H,1-2H3,(H,22,23). The molecule has 2 aromatic rings. The first kappa shape index (κ1) is 14.4. The lowest BCUT2D eigenvalue weighted by atomic mass is 9.93. The number of aliphatic imine (C=N–C) groups is 1. The van der Waals surface area contributed by atoms with Crippen LogP contribution in [0.15, 0.2) is 53.5 Å². The molecule has 0 saturated carbocycles. The van der Waals surface area contributed by atoms with Crippen molar-refractivity contribution < 1.29 is 14.7 Å². The van der Waals surface area contributed by atoms with Crippen molar-refractivity contribution in [1.82, 2.24) is 0 Å². The Hall–Kier alpha value is -3.15. The Morgan fingerprint density at radius 1 is 1.04 bits per heavy atom. The van der Waals surface area contributed by atoms with Crippen molar-refractivity contribution in [1.29, 1.82) is 0 Å². The summed E-state index contributed by atoms with van der Waals surface area (Å²) in [6.07, 6.45) is 0. The third-order valence-corrected chi connectivity index (χ3v) is 4.73. The van der Waals surface area contributed by atoms with Gasteiger partial charge in [-0.1, -0.05) is 36.4 Å². The maximum Gasteiger partial charge on any atom is 0.354 e. The van der Waals surface area contributed by atoms with Gasteiger partial charge in [0.2, 0.25) is 5.66 Å². The van der Waals surface area contributed by atoms with Gasteiger partial charge >= 0.3 is 5.97 Å². The van der Waals surface area contributed by atoms with Crippen molar-refractivity contribution in [3.63, 3.8) is 0 Å². The van der Waals surface area contributed by atoms with Crippen LogP contribution in [0.1, 0.15) is 11.1 Å². The molecule has 1 atom stereocenters. The number of aliphatic carboxylic acids is 1. The second-order valence-corrected chi connectivity index (χ2v) is 5.90. The maximum atomic E-state index is 13.1. The van der Waals surface area contributed by atoms with Gasteiger partial charge in [0, 0.05) is 30.9 Å². The van der Waals surface area contributed by atoms with Gasteiger partial charge in [-0.2, -0.15) is 0 Å². The van der Waals surface area contributed by atoms with E-state index in [0.29, 0.717) is 16.8 Å². The smallest absolute Gasteiger partial charge is 0.354 e. The number of rotatable bonds is 1. The number of carboxylic acid groups (broad SMARTS) is 1. The van der Waals surface area contributed by atoms with Gasteiger partial charge in [0.15, 0.2) is 5.71 Å². The SMILES string of the molecule is CN1C(=O)C2(N=C(C(=O)O)c3ccccc3N2C)c2ccccc21. The van der Waals surface area contributed by atoms with Crippen LogP contribution < -0.4 is 9.80 Å². The lowest BCUT2D eigenvalue weighted by molar-refractivity contribution is -0.129. The minimum atomic E-state index is -1.38. The molecule has 120 valence electrons. The van der Waals surface area contributed by atoms with Gasteiger partial charge in [0.25, 0.3) is 5.91 Å². The number of carboxylic acids is 1. The monoisotopic (exact) mass is 321 g/mol. The van der Waals surface area contributed by atoms with Gasteiger partial charge in [0.1, 0.15) is 0 Å². The zero-order valence-corrected chi connectivity index (χ0v) is 13.2. The molecule has 0 aliphatic carbocycles. The summed E-state index contributed by atoms with van der Waals surface area (Å²) in [7, 11) is 3.45. The largest absolute Gasteiger partial charge is 0.477 e. The van der Waals surface area contributed by atoms with E-state index in [4.69, 9.17) is 0 Å². The zero-order chi connectivity index (χ0) is 17.1. The molecule has 4 rings (SSSR count). The molecule has 2 aliphatic rings. The molecule has 0 radical (unpaired) electrons. The van der Waals surface area contributed by atoms with Crippen LogP contribution in [0, 0.1) is 0 Å². The molecule has 6 nitrogen and oxygen atoms in total. The summed E-state index contributed by atoms with van der Waals surface area (Å²) in [5.41, 5.74) is 1.13. The number of carbonyl (C=O) groups excluding carboxylic acids is 1. The first-order valence-corrected chi connectivity index (χ1v) is 7.52. The first-order chi connectivity index (χ1) is 11.5. The topological polar surface area (TPSA) is 73.2 Å². The highest BCUT2D eigenvalue weighted by Gasteiger charge is 2.56. The molecule has 2 aliphatic heterocycles. The van der Waals surface area contributed by atoms with Gasteiger partial charge in [-0.05, 0) is 12.1 Å². The van der Waals surface area contributed by atoms with Gasteiger partial charge in [-0.25, -0.2) is 9.79 Å². The van der Waals surface area contributed by atoms with E-state index in [0.717, 1.165) is 5.69 Å². The van der Waals surface area contributed by atoms with Crippen molar-refractivity contribution in [3.8, 4) is 0 Å². The zero-order valence-electron chi connectivity index (χ0n) is 13.2. The van der Waals surface area contributed by atoms with Gasteiger partial charge in [0.05, 0.1) is 5.69 Å². The van der Waals surface area contributed by atoms with Crippen molar-refractivity contribution >= 4 is 29.0 Å². The molecular formula is C18H15N3O3.